The van der Waals surface area contributed by atoms with Gasteiger partial charge in [-0.15, -0.1) is 0 Å². The van der Waals surface area contributed by atoms with Crippen molar-refractivity contribution < 1.29 is 14.8 Å². The van der Waals surface area contributed by atoms with Crippen molar-refractivity contribution in [2.45, 2.75) is 13.8 Å². The van der Waals surface area contributed by atoms with Crippen molar-refractivity contribution in [1.82, 2.24) is 15.2 Å². The minimum absolute atomic E-state index is 0.533. The molecule has 0 bridgehead atoms. The molecule has 5 rings (SSSR count). The molecule has 0 aliphatic rings. The van der Waals surface area contributed by atoms with E-state index < -0.39 is 7.12 Å². The molecule has 0 fully saturated rings. The van der Waals surface area contributed by atoms with Crippen LogP contribution in [0.5, 0.6) is 5.75 Å². The summed E-state index contributed by atoms with van der Waals surface area (Å²) < 4.78 is 5.37. The minimum Gasteiger partial charge on any atom is -0.497 e. The van der Waals surface area contributed by atoms with Gasteiger partial charge >= 0.3 is 7.12 Å². The summed E-state index contributed by atoms with van der Waals surface area (Å²) in [5.41, 5.74) is 4.88. The molecule has 3 aromatic carbocycles. The lowest BCUT2D eigenvalue weighted by atomic mass is 9.80. The SMILES string of the molecule is COc1ccc2c(-c3ccc(C)cc3)nc(Nc3ccn[nH]3)cc2c1.Cc1ccc(B(O)O)cc1. The van der Waals surface area contributed by atoms with Gasteiger partial charge in [-0.05, 0) is 49.0 Å². The molecule has 35 heavy (non-hydrogen) atoms. The van der Waals surface area contributed by atoms with Crippen LogP contribution < -0.4 is 15.5 Å². The van der Waals surface area contributed by atoms with E-state index in [1.165, 1.54) is 5.56 Å². The first-order valence-corrected chi connectivity index (χ1v) is 11.2. The van der Waals surface area contributed by atoms with Crippen LogP contribution in [0.2, 0.25) is 0 Å². The Morgan fingerprint density at radius 3 is 2.14 bits per heavy atom. The summed E-state index contributed by atoms with van der Waals surface area (Å²) in [5.74, 6) is 2.37. The summed E-state index contributed by atoms with van der Waals surface area (Å²) in [7, 11) is 0.327. The molecule has 0 aliphatic heterocycles. The molecule has 0 aliphatic carbocycles. The van der Waals surface area contributed by atoms with Gasteiger partial charge in [0.15, 0.2) is 0 Å². The highest BCUT2D eigenvalue weighted by molar-refractivity contribution is 6.58. The van der Waals surface area contributed by atoms with Gasteiger partial charge in [0.1, 0.15) is 17.4 Å². The van der Waals surface area contributed by atoms with Crippen LogP contribution in [-0.2, 0) is 0 Å². The van der Waals surface area contributed by atoms with E-state index in [1.807, 2.05) is 43.3 Å². The maximum Gasteiger partial charge on any atom is 0.488 e. The molecule has 4 N–H and O–H groups in total. The van der Waals surface area contributed by atoms with E-state index in [2.05, 4.69) is 52.8 Å². The van der Waals surface area contributed by atoms with Crippen molar-refractivity contribution in [2.24, 2.45) is 0 Å². The number of hydrogen-bond acceptors (Lipinski definition) is 6. The Bertz CT molecular complexity index is 1390. The van der Waals surface area contributed by atoms with Crippen LogP contribution in [0.25, 0.3) is 22.0 Å². The summed E-state index contributed by atoms with van der Waals surface area (Å²) in [6, 6.07) is 25.4. The second kappa shape index (κ2) is 10.9. The normalized spacial score (nSPS) is 10.4. The largest absolute Gasteiger partial charge is 0.497 e. The highest BCUT2D eigenvalue weighted by Gasteiger charge is 2.11. The number of methoxy groups -OCH3 is 1. The summed E-state index contributed by atoms with van der Waals surface area (Å²) in [6.45, 7) is 4.03. The minimum atomic E-state index is -1.35. The van der Waals surface area contributed by atoms with Crippen LogP contribution in [0.15, 0.2) is 85.1 Å². The van der Waals surface area contributed by atoms with Crippen molar-refractivity contribution in [3.8, 4) is 17.0 Å². The van der Waals surface area contributed by atoms with Gasteiger partial charge in [-0.3, -0.25) is 5.10 Å². The molecule has 0 radical (unpaired) electrons. The fourth-order valence-corrected chi connectivity index (χ4v) is 3.56. The molecule has 5 aromatic rings. The topological polar surface area (TPSA) is 103 Å². The number of H-pyrrole nitrogens is 1. The van der Waals surface area contributed by atoms with Crippen molar-refractivity contribution in [1.29, 1.82) is 0 Å². The van der Waals surface area contributed by atoms with Crippen molar-refractivity contribution in [2.75, 3.05) is 12.4 Å². The standard InChI is InChI=1S/C20H18N4O.C7H9BO2/c1-13-3-5-14(6-4-13)20-17-8-7-16(25-2)11-15(17)12-19(23-20)22-18-9-10-21-24-18;1-6-2-4-7(5-3-6)8(9)10/h3-12H,1-2H3,(H2,21,22,23,24);2-5,9-10H,1H3. The number of aromatic nitrogens is 3. The van der Waals surface area contributed by atoms with Gasteiger partial charge in [0.2, 0.25) is 0 Å². The second-order valence-electron chi connectivity index (χ2n) is 8.19. The van der Waals surface area contributed by atoms with E-state index in [0.29, 0.717) is 5.46 Å². The number of benzene rings is 3. The highest BCUT2D eigenvalue weighted by atomic mass is 16.5. The van der Waals surface area contributed by atoms with Crippen molar-refractivity contribution in [3.63, 3.8) is 0 Å². The van der Waals surface area contributed by atoms with Crippen LogP contribution in [0.1, 0.15) is 11.1 Å². The molecule has 8 heteroatoms. The fourth-order valence-electron chi connectivity index (χ4n) is 3.56. The van der Waals surface area contributed by atoms with Gasteiger partial charge in [-0.1, -0.05) is 59.7 Å². The molecule has 0 atom stereocenters. The lowest BCUT2D eigenvalue weighted by Crippen LogP contribution is -2.29. The highest BCUT2D eigenvalue weighted by Crippen LogP contribution is 2.32. The molecule has 0 unspecified atom stereocenters. The van der Waals surface area contributed by atoms with E-state index in [0.717, 1.165) is 45.0 Å². The van der Waals surface area contributed by atoms with Crippen molar-refractivity contribution >= 4 is 35.0 Å². The average Bonchev–Trinajstić information content (AvgIpc) is 3.37. The zero-order chi connectivity index (χ0) is 24.8. The average molecular weight is 466 g/mol. The third-order valence-electron chi connectivity index (χ3n) is 5.50. The number of nitrogens with one attached hydrogen (secondary N) is 2. The summed E-state index contributed by atoms with van der Waals surface area (Å²) in [5, 5.41) is 29.6. The van der Waals surface area contributed by atoms with E-state index in [9.17, 15) is 0 Å². The first kappa shape index (κ1) is 24.0. The van der Waals surface area contributed by atoms with Gasteiger partial charge in [0, 0.05) is 17.0 Å². The number of aromatic amines is 1. The predicted octanol–water partition coefficient (Wildman–Crippen LogP) is 4.36. The molecular formula is C27H27BN4O3. The van der Waals surface area contributed by atoms with Crippen LogP contribution >= 0.6 is 0 Å². The molecule has 0 amide bonds. The predicted molar refractivity (Wildman–Crippen MR) is 141 cm³/mol. The molecular weight excluding hydrogens is 439 g/mol. The van der Waals surface area contributed by atoms with Gasteiger partial charge in [-0.25, -0.2) is 4.98 Å². The Balaban J connectivity index is 0.000000243. The first-order valence-electron chi connectivity index (χ1n) is 11.2. The maximum atomic E-state index is 8.67. The van der Waals surface area contributed by atoms with Gasteiger partial charge < -0.3 is 20.1 Å². The van der Waals surface area contributed by atoms with Gasteiger partial charge in [0.05, 0.1) is 19.0 Å². The fraction of sp³-hybridized carbons (Fsp3) is 0.111. The Hall–Kier alpha value is -4.14. The molecule has 176 valence electrons. The van der Waals surface area contributed by atoms with E-state index in [1.54, 1.807) is 25.4 Å². The molecule has 0 spiro atoms. The Kier molecular flexibility index (Phi) is 7.45. The van der Waals surface area contributed by atoms with Crippen LogP contribution in [0.4, 0.5) is 11.6 Å². The summed E-state index contributed by atoms with van der Waals surface area (Å²) >= 11 is 0. The van der Waals surface area contributed by atoms with Crippen LogP contribution in [-0.4, -0.2) is 39.5 Å². The third-order valence-corrected chi connectivity index (χ3v) is 5.50. The zero-order valence-corrected chi connectivity index (χ0v) is 19.9. The molecule has 2 aromatic heterocycles. The van der Waals surface area contributed by atoms with Gasteiger partial charge in [-0.2, -0.15) is 5.10 Å². The van der Waals surface area contributed by atoms with Crippen molar-refractivity contribution in [3.05, 3.63) is 96.2 Å². The number of pyridine rings is 1. The number of rotatable bonds is 5. The Morgan fingerprint density at radius 2 is 1.54 bits per heavy atom. The van der Waals surface area contributed by atoms with E-state index in [4.69, 9.17) is 19.8 Å². The lowest BCUT2D eigenvalue weighted by Gasteiger charge is -2.12. The lowest BCUT2D eigenvalue weighted by molar-refractivity contribution is 0.415. The number of fused-ring (bicyclic) bond motifs is 1. The number of hydrogen-bond donors (Lipinski definition) is 4. The Morgan fingerprint density at radius 1 is 0.857 bits per heavy atom. The second-order valence-corrected chi connectivity index (χ2v) is 8.19. The third kappa shape index (κ3) is 6.06. The monoisotopic (exact) mass is 466 g/mol. The van der Waals surface area contributed by atoms with E-state index >= 15 is 0 Å². The first-order chi connectivity index (χ1) is 16.9. The summed E-state index contributed by atoms with van der Waals surface area (Å²) in [6.07, 6.45) is 1.70. The van der Waals surface area contributed by atoms with Crippen LogP contribution in [0.3, 0.4) is 0 Å². The quantitative estimate of drug-likeness (QED) is 0.287. The molecule has 2 heterocycles. The number of nitrogens with zero attached hydrogens (tertiary/aromatic N) is 2. The Labute approximate surface area is 204 Å². The van der Waals surface area contributed by atoms with E-state index in [-0.39, 0.29) is 0 Å². The summed E-state index contributed by atoms with van der Waals surface area (Å²) in [4.78, 5) is 4.83. The number of ether oxygens (including phenoxy) is 1. The molecule has 0 saturated heterocycles. The molecule has 0 saturated carbocycles. The maximum absolute atomic E-state index is 8.67. The number of aryl methyl sites for hydroxylation is 2. The zero-order valence-electron chi connectivity index (χ0n) is 19.9. The van der Waals surface area contributed by atoms with Gasteiger partial charge in [0.25, 0.3) is 0 Å². The molecule has 7 nitrogen and oxygen atoms in total. The van der Waals surface area contributed by atoms with Crippen LogP contribution in [0, 0.1) is 13.8 Å². The smallest absolute Gasteiger partial charge is 0.488 e. The number of anilines is 2.